The van der Waals surface area contributed by atoms with Crippen LogP contribution in [-0.2, 0) is 4.79 Å². The molecule has 1 aromatic rings. The number of amides is 1. The number of nitrogens with one attached hydrogen (secondary N) is 2. The van der Waals surface area contributed by atoms with Crippen LogP contribution in [0.3, 0.4) is 0 Å². The third-order valence-electron chi connectivity index (χ3n) is 2.61. The highest BCUT2D eigenvalue weighted by atomic mass is 16.1. The standard InChI is InChI=1S/C11H16N4O/c1-7(2)9-4-10(14-6-13-9)15-8-3-11(16)12-5-8/h4,6-8H,3,5H2,1-2H3,(H,12,16)(H,13,14,15). The molecule has 2 rings (SSSR count). The number of carbonyl (C=O) groups excluding carboxylic acids is 1. The summed E-state index contributed by atoms with van der Waals surface area (Å²) in [5, 5.41) is 6.01. The second-order valence-electron chi connectivity index (χ2n) is 4.33. The van der Waals surface area contributed by atoms with E-state index < -0.39 is 0 Å². The molecule has 1 aromatic heterocycles. The number of carbonyl (C=O) groups is 1. The lowest BCUT2D eigenvalue weighted by atomic mass is 10.1. The van der Waals surface area contributed by atoms with Crippen molar-refractivity contribution in [1.82, 2.24) is 15.3 Å². The van der Waals surface area contributed by atoms with Crippen molar-refractivity contribution < 1.29 is 4.79 Å². The molecule has 0 radical (unpaired) electrons. The van der Waals surface area contributed by atoms with E-state index in [1.54, 1.807) is 6.33 Å². The average Bonchev–Trinajstić information content (AvgIpc) is 2.64. The quantitative estimate of drug-likeness (QED) is 0.794. The first-order valence-electron chi connectivity index (χ1n) is 5.50. The smallest absolute Gasteiger partial charge is 0.222 e. The molecule has 1 aliphatic heterocycles. The zero-order valence-corrected chi connectivity index (χ0v) is 9.53. The molecule has 0 bridgehead atoms. The lowest BCUT2D eigenvalue weighted by Gasteiger charge is -2.12. The van der Waals surface area contributed by atoms with Crippen molar-refractivity contribution in [1.29, 1.82) is 0 Å². The minimum atomic E-state index is 0.0932. The molecule has 1 fully saturated rings. The maximum atomic E-state index is 11.0. The molecule has 2 heterocycles. The normalized spacial score (nSPS) is 19.9. The van der Waals surface area contributed by atoms with Crippen LogP contribution in [0.15, 0.2) is 12.4 Å². The molecule has 5 nitrogen and oxygen atoms in total. The predicted molar refractivity (Wildman–Crippen MR) is 61.2 cm³/mol. The highest BCUT2D eigenvalue weighted by Gasteiger charge is 2.21. The molecular formula is C11H16N4O. The first-order chi connectivity index (χ1) is 7.65. The Morgan fingerprint density at radius 2 is 2.31 bits per heavy atom. The monoisotopic (exact) mass is 220 g/mol. The van der Waals surface area contributed by atoms with E-state index in [1.807, 2.05) is 6.07 Å². The van der Waals surface area contributed by atoms with Gasteiger partial charge in [0.15, 0.2) is 0 Å². The Bertz CT molecular complexity index is 391. The molecule has 1 amide bonds. The number of hydrogen-bond acceptors (Lipinski definition) is 4. The maximum Gasteiger partial charge on any atom is 0.222 e. The van der Waals surface area contributed by atoms with Gasteiger partial charge in [-0.1, -0.05) is 13.8 Å². The van der Waals surface area contributed by atoms with Gasteiger partial charge < -0.3 is 10.6 Å². The molecule has 1 atom stereocenters. The van der Waals surface area contributed by atoms with Crippen molar-refractivity contribution in [3.63, 3.8) is 0 Å². The molecule has 0 spiro atoms. The number of rotatable bonds is 3. The van der Waals surface area contributed by atoms with Crippen LogP contribution in [0, 0.1) is 0 Å². The third-order valence-corrected chi connectivity index (χ3v) is 2.61. The van der Waals surface area contributed by atoms with Crippen molar-refractivity contribution in [3.05, 3.63) is 18.1 Å². The Kier molecular flexibility index (Phi) is 3.03. The van der Waals surface area contributed by atoms with Crippen LogP contribution in [0.2, 0.25) is 0 Å². The van der Waals surface area contributed by atoms with Gasteiger partial charge in [-0.3, -0.25) is 4.79 Å². The van der Waals surface area contributed by atoms with Gasteiger partial charge in [-0.25, -0.2) is 9.97 Å². The Morgan fingerprint density at radius 1 is 1.50 bits per heavy atom. The summed E-state index contributed by atoms with van der Waals surface area (Å²) in [4.78, 5) is 19.4. The predicted octanol–water partition coefficient (Wildman–Crippen LogP) is 0.900. The van der Waals surface area contributed by atoms with E-state index in [4.69, 9.17) is 0 Å². The summed E-state index contributed by atoms with van der Waals surface area (Å²) in [6.45, 7) is 4.85. The Balaban J connectivity index is 2.04. The van der Waals surface area contributed by atoms with E-state index in [2.05, 4.69) is 34.4 Å². The molecule has 0 aliphatic carbocycles. The van der Waals surface area contributed by atoms with Gasteiger partial charge in [-0.2, -0.15) is 0 Å². The third kappa shape index (κ3) is 2.48. The van der Waals surface area contributed by atoms with Gasteiger partial charge in [0.1, 0.15) is 12.1 Å². The summed E-state index contributed by atoms with van der Waals surface area (Å²) in [6.07, 6.45) is 2.07. The molecule has 16 heavy (non-hydrogen) atoms. The molecule has 0 aromatic carbocycles. The second-order valence-corrected chi connectivity index (χ2v) is 4.33. The number of nitrogens with zero attached hydrogens (tertiary/aromatic N) is 2. The minimum Gasteiger partial charge on any atom is -0.365 e. The van der Waals surface area contributed by atoms with E-state index in [0.717, 1.165) is 11.5 Å². The summed E-state index contributed by atoms with van der Waals surface area (Å²) in [5.74, 6) is 1.27. The SMILES string of the molecule is CC(C)c1cc(NC2CNC(=O)C2)ncn1. The summed E-state index contributed by atoms with van der Waals surface area (Å²) in [7, 11) is 0. The second kappa shape index (κ2) is 4.47. The van der Waals surface area contributed by atoms with Gasteiger partial charge in [0.2, 0.25) is 5.91 Å². The van der Waals surface area contributed by atoms with Crippen LogP contribution in [-0.4, -0.2) is 28.5 Å². The number of aromatic nitrogens is 2. The van der Waals surface area contributed by atoms with Gasteiger partial charge in [0.05, 0.1) is 6.04 Å². The van der Waals surface area contributed by atoms with E-state index in [1.165, 1.54) is 0 Å². The molecule has 1 saturated heterocycles. The molecule has 2 N–H and O–H groups in total. The Labute approximate surface area is 94.7 Å². The largest absolute Gasteiger partial charge is 0.365 e. The summed E-state index contributed by atoms with van der Waals surface area (Å²) < 4.78 is 0. The molecular weight excluding hydrogens is 204 g/mol. The van der Waals surface area contributed by atoms with Crippen molar-refractivity contribution in [2.45, 2.75) is 32.2 Å². The topological polar surface area (TPSA) is 66.9 Å². The van der Waals surface area contributed by atoms with Crippen molar-refractivity contribution in [3.8, 4) is 0 Å². The van der Waals surface area contributed by atoms with Crippen LogP contribution in [0.5, 0.6) is 0 Å². The summed E-state index contributed by atoms with van der Waals surface area (Å²) >= 11 is 0. The lowest BCUT2D eigenvalue weighted by molar-refractivity contribution is -0.119. The van der Waals surface area contributed by atoms with Gasteiger partial charge in [-0.05, 0) is 5.92 Å². The van der Waals surface area contributed by atoms with Gasteiger partial charge in [-0.15, -0.1) is 0 Å². The zero-order valence-electron chi connectivity index (χ0n) is 9.53. The van der Waals surface area contributed by atoms with E-state index in [-0.39, 0.29) is 11.9 Å². The van der Waals surface area contributed by atoms with E-state index in [9.17, 15) is 4.79 Å². The fourth-order valence-corrected chi connectivity index (χ4v) is 1.68. The number of hydrogen-bond donors (Lipinski definition) is 2. The lowest BCUT2D eigenvalue weighted by Crippen LogP contribution is -2.23. The first-order valence-corrected chi connectivity index (χ1v) is 5.50. The Hall–Kier alpha value is -1.65. The zero-order chi connectivity index (χ0) is 11.5. The summed E-state index contributed by atoms with van der Waals surface area (Å²) in [5.41, 5.74) is 1.01. The number of anilines is 1. The van der Waals surface area contributed by atoms with Crippen molar-refractivity contribution in [2.75, 3.05) is 11.9 Å². The Morgan fingerprint density at radius 3 is 2.94 bits per heavy atom. The molecule has 1 unspecified atom stereocenters. The van der Waals surface area contributed by atoms with Crippen LogP contribution in [0.1, 0.15) is 31.9 Å². The molecule has 0 saturated carbocycles. The van der Waals surface area contributed by atoms with E-state index >= 15 is 0 Å². The van der Waals surface area contributed by atoms with Gasteiger partial charge >= 0.3 is 0 Å². The average molecular weight is 220 g/mol. The van der Waals surface area contributed by atoms with Crippen LogP contribution >= 0.6 is 0 Å². The van der Waals surface area contributed by atoms with Crippen LogP contribution in [0.25, 0.3) is 0 Å². The van der Waals surface area contributed by atoms with Crippen molar-refractivity contribution >= 4 is 11.7 Å². The molecule has 1 aliphatic rings. The molecule has 5 heteroatoms. The summed E-state index contributed by atoms with van der Waals surface area (Å²) in [6, 6.07) is 2.08. The van der Waals surface area contributed by atoms with Gasteiger partial charge in [0, 0.05) is 24.7 Å². The minimum absolute atomic E-state index is 0.0932. The van der Waals surface area contributed by atoms with Gasteiger partial charge in [0.25, 0.3) is 0 Å². The highest BCUT2D eigenvalue weighted by molar-refractivity contribution is 5.79. The van der Waals surface area contributed by atoms with E-state index in [0.29, 0.717) is 18.9 Å². The highest BCUT2D eigenvalue weighted by Crippen LogP contribution is 2.15. The van der Waals surface area contributed by atoms with Crippen LogP contribution < -0.4 is 10.6 Å². The van der Waals surface area contributed by atoms with Crippen molar-refractivity contribution in [2.24, 2.45) is 0 Å². The first kappa shape index (κ1) is 10.9. The fourth-order valence-electron chi connectivity index (χ4n) is 1.68. The molecule has 86 valence electrons. The maximum absolute atomic E-state index is 11.0. The fraction of sp³-hybridized carbons (Fsp3) is 0.545. The van der Waals surface area contributed by atoms with Crippen LogP contribution in [0.4, 0.5) is 5.82 Å².